The van der Waals surface area contributed by atoms with Crippen LogP contribution in [-0.4, -0.2) is 9.55 Å². The molecule has 0 amide bonds. The van der Waals surface area contributed by atoms with Gasteiger partial charge in [0.15, 0.2) is 0 Å². The first-order valence-corrected chi connectivity index (χ1v) is 7.48. The molecule has 0 aliphatic carbocycles. The van der Waals surface area contributed by atoms with Gasteiger partial charge in [0.05, 0.1) is 0 Å². The van der Waals surface area contributed by atoms with Crippen LogP contribution in [0.25, 0.3) is 5.69 Å². The second-order valence-electron chi connectivity index (χ2n) is 5.37. The summed E-state index contributed by atoms with van der Waals surface area (Å²) in [5.41, 5.74) is 2.01. The Bertz CT molecular complexity index is 778. The Morgan fingerprint density at radius 1 is 0.917 bits per heavy atom. The molecule has 0 saturated carbocycles. The van der Waals surface area contributed by atoms with Gasteiger partial charge in [0.1, 0.15) is 5.69 Å². The van der Waals surface area contributed by atoms with Crippen molar-refractivity contribution in [1.82, 2.24) is 14.9 Å². The van der Waals surface area contributed by atoms with Crippen molar-refractivity contribution in [3.8, 4) is 5.69 Å². The highest BCUT2D eigenvalue weighted by Crippen LogP contribution is 2.27. The molecule has 3 aromatic rings. The first kappa shape index (κ1) is 16.3. The first-order chi connectivity index (χ1) is 11.5. The minimum Gasteiger partial charge on any atom is -0.324 e. The minimum absolute atomic E-state index is 0.450. The van der Waals surface area contributed by atoms with Gasteiger partial charge in [-0.25, -0.2) is 0 Å². The van der Waals surface area contributed by atoms with E-state index in [2.05, 4.69) is 10.3 Å². The van der Waals surface area contributed by atoms with Crippen molar-refractivity contribution < 1.29 is 13.2 Å². The number of aromatic nitrogens is 2. The maximum absolute atomic E-state index is 12.5. The van der Waals surface area contributed by atoms with Gasteiger partial charge in [-0.3, -0.25) is 4.98 Å². The number of alkyl halides is 3. The minimum atomic E-state index is -4.40. The van der Waals surface area contributed by atoms with Gasteiger partial charge in [-0.15, -0.1) is 0 Å². The molecule has 0 spiro atoms. The Morgan fingerprint density at radius 2 is 1.67 bits per heavy atom. The second-order valence-corrected chi connectivity index (χ2v) is 5.37. The smallest absolute Gasteiger partial charge is 0.324 e. The quantitative estimate of drug-likeness (QED) is 0.760. The molecule has 0 fully saturated rings. The van der Waals surface area contributed by atoms with Gasteiger partial charge in [0.2, 0.25) is 0 Å². The summed E-state index contributed by atoms with van der Waals surface area (Å²) in [6.07, 6.45) is 0.798. The van der Waals surface area contributed by atoms with Crippen molar-refractivity contribution in [2.75, 3.05) is 0 Å². The molecule has 124 valence electrons. The van der Waals surface area contributed by atoms with Gasteiger partial charge in [0.25, 0.3) is 0 Å². The van der Waals surface area contributed by atoms with Crippen LogP contribution in [0, 0.1) is 0 Å². The number of hydrogen-bond donors (Lipinski definition) is 1. The monoisotopic (exact) mass is 331 g/mol. The summed E-state index contributed by atoms with van der Waals surface area (Å²) in [6, 6.07) is 14.3. The van der Waals surface area contributed by atoms with Gasteiger partial charge in [-0.05, 0) is 35.4 Å². The van der Waals surface area contributed by atoms with Crippen LogP contribution in [-0.2, 0) is 19.3 Å². The number of nitrogens with zero attached hydrogens (tertiary/aromatic N) is 2. The fraction of sp³-hybridized carbons (Fsp3) is 0.167. The zero-order valence-corrected chi connectivity index (χ0v) is 12.8. The van der Waals surface area contributed by atoms with Crippen LogP contribution in [0.5, 0.6) is 0 Å². The molecule has 0 aliphatic rings. The molecule has 1 N–H and O–H groups in total. The number of hydrogen-bond acceptors (Lipinski definition) is 2. The summed E-state index contributed by atoms with van der Waals surface area (Å²) in [4.78, 5) is 3.46. The Labute approximate surface area is 137 Å². The van der Waals surface area contributed by atoms with Gasteiger partial charge in [-0.2, -0.15) is 13.2 Å². The van der Waals surface area contributed by atoms with Crippen LogP contribution in [0.3, 0.4) is 0 Å². The number of benzene rings is 1. The molecule has 6 heteroatoms. The lowest BCUT2D eigenvalue weighted by Gasteiger charge is -2.12. The molecule has 2 aromatic heterocycles. The van der Waals surface area contributed by atoms with Crippen molar-refractivity contribution in [2.24, 2.45) is 0 Å². The Balaban J connectivity index is 1.63. The SMILES string of the molecule is FC(F)(F)c1ccc(CNCc2ccccc2-n2cccc2)cn1. The van der Waals surface area contributed by atoms with E-state index in [1.165, 1.54) is 12.3 Å². The fourth-order valence-corrected chi connectivity index (χ4v) is 2.45. The molecule has 0 aliphatic heterocycles. The summed E-state index contributed by atoms with van der Waals surface area (Å²) in [7, 11) is 0. The summed E-state index contributed by atoms with van der Waals surface area (Å²) < 4.78 is 39.5. The maximum Gasteiger partial charge on any atom is 0.433 e. The molecule has 0 radical (unpaired) electrons. The fourth-order valence-electron chi connectivity index (χ4n) is 2.45. The van der Waals surface area contributed by atoms with Crippen molar-refractivity contribution in [3.05, 3.63) is 83.9 Å². The van der Waals surface area contributed by atoms with Crippen LogP contribution in [0.2, 0.25) is 0 Å². The average molecular weight is 331 g/mol. The highest BCUT2D eigenvalue weighted by Gasteiger charge is 2.31. The number of halogens is 3. The Kier molecular flexibility index (Phi) is 4.66. The van der Waals surface area contributed by atoms with E-state index < -0.39 is 11.9 Å². The number of nitrogens with one attached hydrogen (secondary N) is 1. The second kappa shape index (κ2) is 6.88. The van der Waals surface area contributed by atoms with Crippen LogP contribution in [0.4, 0.5) is 13.2 Å². The predicted molar refractivity (Wildman–Crippen MR) is 85.6 cm³/mol. The van der Waals surface area contributed by atoms with Gasteiger partial charge >= 0.3 is 6.18 Å². The van der Waals surface area contributed by atoms with Crippen LogP contribution in [0.1, 0.15) is 16.8 Å². The van der Waals surface area contributed by atoms with Gasteiger partial charge in [-0.1, -0.05) is 24.3 Å². The molecule has 3 nitrogen and oxygen atoms in total. The third-order valence-corrected chi connectivity index (χ3v) is 3.63. The average Bonchev–Trinajstić information content (AvgIpc) is 3.09. The van der Waals surface area contributed by atoms with E-state index in [0.29, 0.717) is 18.7 Å². The van der Waals surface area contributed by atoms with Gasteiger partial charge in [0, 0.05) is 37.4 Å². The van der Waals surface area contributed by atoms with Crippen molar-refractivity contribution in [2.45, 2.75) is 19.3 Å². The highest BCUT2D eigenvalue weighted by molar-refractivity contribution is 5.41. The summed E-state index contributed by atoms with van der Waals surface area (Å²) in [6.45, 7) is 1.06. The summed E-state index contributed by atoms with van der Waals surface area (Å²) >= 11 is 0. The van der Waals surface area contributed by atoms with E-state index in [1.807, 2.05) is 53.4 Å². The number of rotatable bonds is 5. The molecule has 0 saturated heterocycles. The summed E-state index contributed by atoms with van der Waals surface area (Å²) in [5.74, 6) is 0. The van der Waals surface area contributed by atoms with E-state index in [-0.39, 0.29) is 0 Å². The molecule has 2 heterocycles. The number of pyridine rings is 1. The zero-order valence-electron chi connectivity index (χ0n) is 12.8. The first-order valence-electron chi connectivity index (χ1n) is 7.48. The summed E-state index contributed by atoms with van der Waals surface area (Å²) in [5, 5.41) is 3.24. The standard InChI is InChI=1S/C18H16F3N3/c19-18(20,21)17-8-7-14(12-23-17)11-22-13-15-5-1-2-6-16(15)24-9-3-4-10-24/h1-10,12,22H,11,13H2. The normalized spacial score (nSPS) is 11.6. The van der Waals surface area contributed by atoms with E-state index in [1.54, 1.807) is 0 Å². The third-order valence-electron chi connectivity index (χ3n) is 3.63. The maximum atomic E-state index is 12.5. The Hall–Kier alpha value is -2.60. The largest absolute Gasteiger partial charge is 0.433 e. The molecule has 0 atom stereocenters. The number of para-hydroxylation sites is 1. The lowest BCUT2D eigenvalue weighted by atomic mass is 10.1. The van der Waals surface area contributed by atoms with Crippen LogP contribution >= 0.6 is 0 Å². The van der Waals surface area contributed by atoms with Gasteiger partial charge < -0.3 is 9.88 Å². The van der Waals surface area contributed by atoms with Crippen molar-refractivity contribution in [1.29, 1.82) is 0 Å². The molecule has 1 aromatic carbocycles. The molecule has 3 rings (SSSR count). The molecule has 0 bridgehead atoms. The molecule has 24 heavy (non-hydrogen) atoms. The topological polar surface area (TPSA) is 29.9 Å². The van der Waals surface area contributed by atoms with E-state index in [9.17, 15) is 13.2 Å². The van der Waals surface area contributed by atoms with Crippen LogP contribution in [0.15, 0.2) is 67.1 Å². The molecular formula is C18H16F3N3. The highest BCUT2D eigenvalue weighted by atomic mass is 19.4. The van der Waals surface area contributed by atoms with E-state index in [0.717, 1.165) is 17.3 Å². The van der Waals surface area contributed by atoms with Crippen molar-refractivity contribution in [3.63, 3.8) is 0 Å². The lowest BCUT2D eigenvalue weighted by molar-refractivity contribution is -0.141. The molecular weight excluding hydrogens is 315 g/mol. The molecule has 0 unspecified atom stereocenters. The zero-order chi connectivity index (χ0) is 17.0. The van der Waals surface area contributed by atoms with E-state index >= 15 is 0 Å². The Morgan fingerprint density at radius 3 is 2.33 bits per heavy atom. The van der Waals surface area contributed by atoms with E-state index in [4.69, 9.17) is 0 Å². The lowest BCUT2D eigenvalue weighted by Crippen LogP contribution is -2.15. The van der Waals surface area contributed by atoms with Crippen LogP contribution < -0.4 is 5.32 Å². The third kappa shape index (κ3) is 3.83. The predicted octanol–water partition coefficient (Wildman–Crippen LogP) is 4.18. The van der Waals surface area contributed by atoms with Crippen molar-refractivity contribution >= 4 is 0 Å².